The minimum atomic E-state index is 1.05. The molecule has 0 N–H and O–H groups in total. The van der Waals surface area contributed by atoms with Gasteiger partial charge in [-0.05, 0) is 86.0 Å². The molecule has 128 valence electrons. The zero-order valence-electron chi connectivity index (χ0n) is 15.6. The molecule has 0 heteroatoms. The van der Waals surface area contributed by atoms with E-state index in [0.29, 0.717) is 0 Å². The molecule has 0 amide bonds. The lowest BCUT2D eigenvalue weighted by Gasteiger charge is -2.19. The third kappa shape index (κ3) is 1.83. The van der Waals surface area contributed by atoms with Gasteiger partial charge in [-0.3, -0.25) is 0 Å². The van der Waals surface area contributed by atoms with Crippen LogP contribution in [0.25, 0.3) is 43.4 Å². The van der Waals surface area contributed by atoms with Crippen molar-refractivity contribution in [3.8, 4) is 11.1 Å². The van der Waals surface area contributed by atoms with Gasteiger partial charge in [-0.1, -0.05) is 72.8 Å². The first kappa shape index (κ1) is 15.0. The van der Waals surface area contributed by atoms with Crippen molar-refractivity contribution in [3.63, 3.8) is 0 Å². The standard InChI is InChI=1S/C27H20/c1-16-24-15-18-9-3-4-10-19(18)25(24)17(2)27-23-14-8-6-12-21(23)20-11-5-7-13-22(20)26(16)27/h3-14H,15H2,1-2H3. The third-order valence-corrected chi connectivity index (χ3v) is 6.47. The highest BCUT2D eigenvalue weighted by atomic mass is 14.3. The smallest absolute Gasteiger partial charge is 0.00105 e. The van der Waals surface area contributed by atoms with Crippen LogP contribution in [0.1, 0.15) is 22.3 Å². The van der Waals surface area contributed by atoms with E-state index >= 15 is 0 Å². The maximum Gasteiger partial charge on any atom is -0.00105 e. The summed E-state index contributed by atoms with van der Waals surface area (Å²) in [5.74, 6) is 0. The summed E-state index contributed by atoms with van der Waals surface area (Å²) in [6.45, 7) is 4.65. The van der Waals surface area contributed by atoms with Gasteiger partial charge in [-0.25, -0.2) is 0 Å². The molecule has 0 saturated carbocycles. The van der Waals surface area contributed by atoms with E-state index < -0.39 is 0 Å². The van der Waals surface area contributed by atoms with Crippen molar-refractivity contribution < 1.29 is 0 Å². The molecule has 0 nitrogen and oxygen atoms in total. The lowest BCUT2D eigenvalue weighted by molar-refractivity contribution is 1.23. The fourth-order valence-corrected chi connectivity index (χ4v) is 5.30. The Morgan fingerprint density at radius 3 is 1.74 bits per heavy atom. The van der Waals surface area contributed by atoms with E-state index in [-0.39, 0.29) is 0 Å². The van der Waals surface area contributed by atoms with Crippen LogP contribution in [0.15, 0.2) is 72.8 Å². The lowest BCUT2D eigenvalue weighted by atomic mass is 9.84. The van der Waals surface area contributed by atoms with Gasteiger partial charge in [0.1, 0.15) is 0 Å². The molecular formula is C27H20. The van der Waals surface area contributed by atoms with Gasteiger partial charge in [-0.15, -0.1) is 0 Å². The number of rotatable bonds is 0. The molecule has 0 bridgehead atoms. The molecular weight excluding hydrogens is 324 g/mol. The Hall–Kier alpha value is -3.12. The van der Waals surface area contributed by atoms with Crippen molar-refractivity contribution in [1.29, 1.82) is 0 Å². The first-order valence-electron chi connectivity index (χ1n) is 9.69. The number of benzene rings is 5. The van der Waals surface area contributed by atoms with Crippen LogP contribution in [-0.4, -0.2) is 0 Å². The summed E-state index contributed by atoms with van der Waals surface area (Å²) in [4.78, 5) is 0. The Balaban J connectivity index is 1.95. The highest BCUT2D eigenvalue weighted by Crippen LogP contribution is 2.47. The summed E-state index contributed by atoms with van der Waals surface area (Å²) in [6.07, 6.45) is 1.05. The van der Waals surface area contributed by atoms with Gasteiger partial charge in [0.15, 0.2) is 0 Å². The summed E-state index contributed by atoms with van der Waals surface area (Å²) in [5, 5.41) is 8.34. The van der Waals surface area contributed by atoms with Crippen molar-refractivity contribution in [1.82, 2.24) is 0 Å². The minimum absolute atomic E-state index is 1.05. The zero-order chi connectivity index (χ0) is 18.1. The van der Waals surface area contributed by atoms with Crippen molar-refractivity contribution in [2.45, 2.75) is 20.3 Å². The van der Waals surface area contributed by atoms with Gasteiger partial charge >= 0.3 is 0 Å². The van der Waals surface area contributed by atoms with Gasteiger partial charge in [-0.2, -0.15) is 0 Å². The van der Waals surface area contributed by atoms with Gasteiger partial charge in [0, 0.05) is 0 Å². The first-order valence-corrected chi connectivity index (χ1v) is 9.69. The molecule has 5 aromatic carbocycles. The van der Waals surface area contributed by atoms with Crippen LogP contribution < -0.4 is 0 Å². The second kappa shape index (κ2) is 5.20. The third-order valence-electron chi connectivity index (χ3n) is 6.47. The van der Waals surface area contributed by atoms with E-state index in [1.54, 1.807) is 0 Å². The van der Waals surface area contributed by atoms with Crippen LogP contribution >= 0.6 is 0 Å². The summed E-state index contributed by atoms with van der Waals surface area (Å²) >= 11 is 0. The summed E-state index contributed by atoms with van der Waals surface area (Å²) in [6, 6.07) is 26.7. The van der Waals surface area contributed by atoms with Crippen LogP contribution in [0, 0.1) is 13.8 Å². The quantitative estimate of drug-likeness (QED) is 0.253. The summed E-state index contributed by atoms with van der Waals surface area (Å²) in [7, 11) is 0. The summed E-state index contributed by atoms with van der Waals surface area (Å²) < 4.78 is 0. The average Bonchev–Trinajstić information content (AvgIpc) is 3.11. The van der Waals surface area contributed by atoms with Crippen molar-refractivity contribution in [3.05, 3.63) is 95.1 Å². The van der Waals surface area contributed by atoms with Crippen LogP contribution in [0.4, 0.5) is 0 Å². The average molecular weight is 344 g/mol. The second-order valence-electron chi connectivity index (χ2n) is 7.78. The number of hydrogen-bond donors (Lipinski definition) is 0. The van der Waals surface area contributed by atoms with Gasteiger partial charge in [0.2, 0.25) is 0 Å². The Morgan fingerprint density at radius 1 is 0.556 bits per heavy atom. The van der Waals surface area contributed by atoms with E-state index in [2.05, 4.69) is 86.6 Å². The van der Waals surface area contributed by atoms with Gasteiger partial charge in [0.05, 0.1) is 0 Å². The van der Waals surface area contributed by atoms with Crippen LogP contribution in [0.3, 0.4) is 0 Å². The number of hydrogen-bond acceptors (Lipinski definition) is 0. The Kier molecular flexibility index (Phi) is 2.89. The second-order valence-corrected chi connectivity index (χ2v) is 7.78. The molecule has 1 aliphatic carbocycles. The van der Waals surface area contributed by atoms with E-state index in [1.807, 2.05) is 0 Å². The van der Waals surface area contributed by atoms with Crippen LogP contribution in [-0.2, 0) is 6.42 Å². The van der Waals surface area contributed by atoms with Crippen molar-refractivity contribution >= 4 is 32.3 Å². The first-order chi connectivity index (χ1) is 13.3. The molecule has 1 aliphatic rings. The normalized spacial score (nSPS) is 12.7. The van der Waals surface area contributed by atoms with E-state index in [0.717, 1.165) is 6.42 Å². The van der Waals surface area contributed by atoms with Crippen LogP contribution in [0.2, 0.25) is 0 Å². The number of aryl methyl sites for hydroxylation is 2. The van der Waals surface area contributed by atoms with E-state index in [1.165, 1.54) is 65.7 Å². The molecule has 0 aromatic heterocycles. The molecule has 0 unspecified atom stereocenters. The van der Waals surface area contributed by atoms with Crippen LogP contribution in [0.5, 0.6) is 0 Å². The lowest BCUT2D eigenvalue weighted by Crippen LogP contribution is -1.95. The minimum Gasteiger partial charge on any atom is -0.0619 e. The fraction of sp³-hybridized carbons (Fsp3) is 0.111. The highest BCUT2D eigenvalue weighted by Gasteiger charge is 2.25. The van der Waals surface area contributed by atoms with E-state index in [9.17, 15) is 0 Å². The topological polar surface area (TPSA) is 0 Å². The molecule has 0 heterocycles. The molecule has 0 spiro atoms. The zero-order valence-corrected chi connectivity index (χ0v) is 15.6. The highest BCUT2D eigenvalue weighted by molar-refractivity contribution is 6.28. The molecule has 0 fully saturated rings. The van der Waals surface area contributed by atoms with Crippen molar-refractivity contribution in [2.75, 3.05) is 0 Å². The maximum atomic E-state index is 2.33. The molecule has 0 saturated heterocycles. The van der Waals surface area contributed by atoms with E-state index in [4.69, 9.17) is 0 Å². The summed E-state index contributed by atoms with van der Waals surface area (Å²) in [5.41, 5.74) is 8.74. The molecule has 27 heavy (non-hydrogen) atoms. The molecule has 6 rings (SSSR count). The molecule has 0 atom stereocenters. The maximum absolute atomic E-state index is 2.33. The fourth-order valence-electron chi connectivity index (χ4n) is 5.30. The van der Waals surface area contributed by atoms with Gasteiger partial charge in [0.25, 0.3) is 0 Å². The number of fused-ring (bicyclic) bond motifs is 9. The SMILES string of the molecule is Cc1c2c(c(C)c3c4ccccc4c4ccccc4c13)-c1ccccc1C2. The molecule has 0 aliphatic heterocycles. The molecule has 0 radical (unpaired) electrons. The predicted molar refractivity (Wildman–Crippen MR) is 117 cm³/mol. The largest absolute Gasteiger partial charge is 0.0619 e. The van der Waals surface area contributed by atoms with Gasteiger partial charge < -0.3 is 0 Å². The Labute approximate surface area is 159 Å². The molecule has 5 aromatic rings. The Bertz CT molecular complexity index is 1400. The predicted octanol–water partition coefficient (Wildman–Crippen LogP) is 7.33. The monoisotopic (exact) mass is 344 g/mol. The Morgan fingerprint density at radius 2 is 1.07 bits per heavy atom. The van der Waals surface area contributed by atoms with Crippen molar-refractivity contribution in [2.24, 2.45) is 0 Å².